The van der Waals surface area contributed by atoms with Gasteiger partial charge in [0.05, 0.1) is 6.54 Å². The summed E-state index contributed by atoms with van der Waals surface area (Å²) in [7, 11) is 1.80. The molecule has 0 saturated carbocycles. The van der Waals surface area contributed by atoms with Crippen molar-refractivity contribution < 1.29 is 4.74 Å². The number of hydrogen-bond donors (Lipinski definition) is 2. The summed E-state index contributed by atoms with van der Waals surface area (Å²) in [6, 6.07) is 8.14. The van der Waals surface area contributed by atoms with Gasteiger partial charge in [-0.05, 0) is 64.0 Å². The molecule has 5 nitrogen and oxygen atoms in total. The number of hydrogen-bond acceptors (Lipinski definition) is 3. The lowest BCUT2D eigenvalue weighted by molar-refractivity contribution is 0.223. The van der Waals surface area contributed by atoms with Gasteiger partial charge >= 0.3 is 0 Å². The third kappa shape index (κ3) is 10.9. The molecule has 0 aliphatic heterocycles. The van der Waals surface area contributed by atoms with Crippen LogP contribution >= 0.6 is 24.0 Å². The minimum atomic E-state index is 0. The fourth-order valence-electron chi connectivity index (χ4n) is 2.63. The molecule has 0 fully saturated rings. The molecule has 1 unspecified atom stereocenters. The monoisotopic (exact) mass is 476 g/mol. The van der Waals surface area contributed by atoms with Gasteiger partial charge in [0.2, 0.25) is 0 Å². The molecule has 1 atom stereocenters. The highest BCUT2D eigenvalue weighted by Crippen LogP contribution is 2.13. The Kier molecular flexibility index (Phi) is 14.5. The number of aliphatic imine (C=N–C) groups is 1. The van der Waals surface area contributed by atoms with Crippen LogP contribution in [0.5, 0.6) is 5.75 Å². The average molecular weight is 476 g/mol. The van der Waals surface area contributed by atoms with Crippen molar-refractivity contribution in [1.29, 1.82) is 0 Å². The highest BCUT2D eigenvalue weighted by molar-refractivity contribution is 14.0. The van der Waals surface area contributed by atoms with Gasteiger partial charge in [0, 0.05) is 13.6 Å². The molecule has 0 radical (unpaired) electrons. The van der Waals surface area contributed by atoms with Crippen molar-refractivity contribution in [2.45, 2.75) is 46.6 Å². The molecule has 1 rings (SSSR count). The zero-order valence-corrected chi connectivity index (χ0v) is 19.4. The molecule has 1 aromatic rings. The van der Waals surface area contributed by atoms with Crippen LogP contribution in [0.15, 0.2) is 29.3 Å². The molecule has 0 amide bonds. The predicted octanol–water partition coefficient (Wildman–Crippen LogP) is 3.67. The van der Waals surface area contributed by atoms with E-state index in [0.29, 0.717) is 6.54 Å². The molecular weight excluding hydrogens is 439 g/mol. The van der Waals surface area contributed by atoms with Gasteiger partial charge in [0.15, 0.2) is 5.96 Å². The van der Waals surface area contributed by atoms with E-state index in [1.54, 1.807) is 7.05 Å². The topological polar surface area (TPSA) is 48.9 Å². The van der Waals surface area contributed by atoms with Gasteiger partial charge in [-0.3, -0.25) is 4.99 Å². The molecule has 0 heterocycles. The first kappa shape index (κ1) is 25.0. The van der Waals surface area contributed by atoms with Crippen LogP contribution in [0.1, 0.15) is 39.2 Å². The quantitative estimate of drug-likeness (QED) is 0.222. The van der Waals surface area contributed by atoms with Gasteiger partial charge < -0.3 is 20.3 Å². The lowest BCUT2D eigenvalue weighted by Gasteiger charge is -2.19. The first-order chi connectivity index (χ1) is 12.1. The van der Waals surface area contributed by atoms with Gasteiger partial charge in [0.25, 0.3) is 0 Å². The molecule has 0 aliphatic rings. The van der Waals surface area contributed by atoms with Crippen LogP contribution in [0, 0.1) is 6.92 Å². The molecule has 6 heteroatoms. The van der Waals surface area contributed by atoms with Crippen molar-refractivity contribution in [1.82, 2.24) is 15.5 Å². The van der Waals surface area contributed by atoms with Gasteiger partial charge in [-0.1, -0.05) is 26.0 Å². The van der Waals surface area contributed by atoms with E-state index in [9.17, 15) is 0 Å². The van der Waals surface area contributed by atoms with E-state index in [4.69, 9.17) is 4.74 Å². The molecule has 0 spiro atoms. The molecule has 0 bridgehead atoms. The van der Waals surface area contributed by atoms with Crippen LogP contribution in [-0.4, -0.2) is 56.7 Å². The van der Waals surface area contributed by atoms with Crippen LogP contribution in [-0.2, 0) is 0 Å². The fourth-order valence-corrected chi connectivity index (χ4v) is 2.63. The lowest BCUT2D eigenvalue weighted by atomic mass is 10.2. The SMILES string of the molecule is CCN(CC)CCCCNC(=NC)NCC(C)Oc1cccc(C)c1.I. The summed E-state index contributed by atoms with van der Waals surface area (Å²) in [5.41, 5.74) is 1.21. The van der Waals surface area contributed by atoms with Crippen LogP contribution in [0.25, 0.3) is 0 Å². The number of halogens is 1. The van der Waals surface area contributed by atoms with Crippen molar-refractivity contribution in [2.24, 2.45) is 4.99 Å². The number of ether oxygens (including phenoxy) is 1. The van der Waals surface area contributed by atoms with Crippen LogP contribution < -0.4 is 15.4 Å². The summed E-state index contributed by atoms with van der Waals surface area (Å²) < 4.78 is 5.93. The summed E-state index contributed by atoms with van der Waals surface area (Å²) >= 11 is 0. The van der Waals surface area contributed by atoms with E-state index in [2.05, 4.69) is 60.4 Å². The second-order valence-electron chi connectivity index (χ2n) is 6.36. The number of nitrogens with one attached hydrogen (secondary N) is 2. The lowest BCUT2D eigenvalue weighted by Crippen LogP contribution is -2.42. The first-order valence-corrected chi connectivity index (χ1v) is 9.49. The van der Waals surface area contributed by atoms with E-state index in [1.165, 1.54) is 18.5 Å². The molecule has 2 N–H and O–H groups in total. The number of rotatable bonds is 11. The summed E-state index contributed by atoms with van der Waals surface area (Å²) in [4.78, 5) is 6.73. The number of guanidine groups is 1. The zero-order chi connectivity index (χ0) is 18.5. The third-order valence-corrected chi connectivity index (χ3v) is 4.20. The van der Waals surface area contributed by atoms with E-state index in [1.807, 2.05) is 12.1 Å². The minimum Gasteiger partial charge on any atom is -0.489 e. The highest BCUT2D eigenvalue weighted by atomic mass is 127. The highest BCUT2D eigenvalue weighted by Gasteiger charge is 2.06. The van der Waals surface area contributed by atoms with Crippen LogP contribution in [0.2, 0.25) is 0 Å². The second-order valence-corrected chi connectivity index (χ2v) is 6.36. The van der Waals surface area contributed by atoms with E-state index in [0.717, 1.165) is 37.8 Å². The zero-order valence-electron chi connectivity index (χ0n) is 17.0. The molecular formula is C20H37IN4O. The van der Waals surface area contributed by atoms with E-state index < -0.39 is 0 Å². The Morgan fingerprint density at radius 2 is 1.92 bits per heavy atom. The molecule has 150 valence electrons. The summed E-state index contributed by atoms with van der Waals surface area (Å²) in [6.07, 6.45) is 2.42. The summed E-state index contributed by atoms with van der Waals surface area (Å²) in [5, 5.41) is 6.70. The molecule has 0 aromatic heterocycles. The Morgan fingerprint density at radius 3 is 2.54 bits per heavy atom. The average Bonchev–Trinajstić information content (AvgIpc) is 2.60. The van der Waals surface area contributed by atoms with Gasteiger partial charge in [-0.25, -0.2) is 0 Å². The number of unbranched alkanes of at least 4 members (excludes halogenated alkanes) is 1. The van der Waals surface area contributed by atoms with Gasteiger partial charge in [0.1, 0.15) is 11.9 Å². The molecule has 1 aromatic carbocycles. The Hall–Kier alpha value is -1.02. The smallest absolute Gasteiger partial charge is 0.191 e. The summed E-state index contributed by atoms with van der Waals surface area (Å²) in [6.45, 7) is 13.6. The molecule has 26 heavy (non-hydrogen) atoms. The van der Waals surface area contributed by atoms with Crippen molar-refractivity contribution in [3.8, 4) is 5.75 Å². The maximum atomic E-state index is 5.93. The molecule has 0 aliphatic carbocycles. The van der Waals surface area contributed by atoms with Crippen molar-refractivity contribution in [3.63, 3.8) is 0 Å². The van der Waals surface area contributed by atoms with E-state index >= 15 is 0 Å². The number of benzene rings is 1. The Bertz CT molecular complexity index is 506. The largest absolute Gasteiger partial charge is 0.489 e. The maximum Gasteiger partial charge on any atom is 0.191 e. The number of nitrogens with zero attached hydrogens (tertiary/aromatic N) is 2. The predicted molar refractivity (Wildman–Crippen MR) is 123 cm³/mol. The minimum absolute atomic E-state index is 0. The maximum absolute atomic E-state index is 5.93. The van der Waals surface area contributed by atoms with Crippen molar-refractivity contribution >= 4 is 29.9 Å². The van der Waals surface area contributed by atoms with Gasteiger partial charge in [-0.2, -0.15) is 0 Å². The van der Waals surface area contributed by atoms with Crippen molar-refractivity contribution in [2.75, 3.05) is 39.8 Å². The molecule has 0 saturated heterocycles. The standard InChI is InChI=1S/C20H36N4O.HI/c1-6-24(7-2)14-9-8-13-22-20(21-5)23-16-18(4)25-19-12-10-11-17(3)15-19;/h10-12,15,18H,6-9,13-14,16H2,1-5H3,(H2,21,22,23);1H. The number of aryl methyl sites for hydroxylation is 1. The van der Waals surface area contributed by atoms with Crippen molar-refractivity contribution in [3.05, 3.63) is 29.8 Å². The van der Waals surface area contributed by atoms with Crippen LogP contribution in [0.4, 0.5) is 0 Å². The Balaban J connectivity index is 0.00000625. The van der Waals surface area contributed by atoms with Gasteiger partial charge in [-0.15, -0.1) is 24.0 Å². The Morgan fingerprint density at radius 1 is 1.19 bits per heavy atom. The third-order valence-electron chi connectivity index (χ3n) is 4.20. The first-order valence-electron chi connectivity index (χ1n) is 9.49. The second kappa shape index (κ2) is 15.1. The Labute approximate surface area is 177 Å². The van der Waals surface area contributed by atoms with E-state index in [-0.39, 0.29) is 30.1 Å². The normalized spacial score (nSPS) is 12.5. The fraction of sp³-hybridized carbons (Fsp3) is 0.650. The summed E-state index contributed by atoms with van der Waals surface area (Å²) in [5.74, 6) is 1.75. The van der Waals surface area contributed by atoms with Crippen LogP contribution in [0.3, 0.4) is 0 Å².